The zero-order valence-corrected chi connectivity index (χ0v) is 10.4. The first-order valence-corrected chi connectivity index (χ1v) is 5.65. The van der Waals surface area contributed by atoms with E-state index in [2.05, 4.69) is 10.2 Å². The quantitative estimate of drug-likeness (QED) is 0.393. The topological polar surface area (TPSA) is 93.9 Å². The molecule has 0 heterocycles. The Morgan fingerprint density at radius 2 is 1.63 bits per heavy atom. The molecule has 0 aliphatic heterocycles. The van der Waals surface area contributed by atoms with Gasteiger partial charge in [0, 0.05) is 12.1 Å². The first-order valence-electron chi connectivity index (χ1n) is 5.27. The fraction of sp³-hybridized carbons (Fsp3) is 0. The van der Waals surface area contributed by atoms with Crippen molar-refractivity contribution in [2.75, 3.05) is 5.73 Å². The lowest BCUT2D eigenvalue weighted by Crippen LogP contribution is -1.85. The van der Waals surface area contributed by atoms with Crippen molar-refractivity contribution in [1.29, 1.82) is 0 Å². The van der Waals surface area contributed by atoms with E-state index in [1.54, 1.807) is 18.2 Å². The Labute approximate surface area is 113 Å². The van der Waals surface area contributed by atoms with E-state index in [0.29, 0.717) is 22.1 Å². The number of anilines is 1. The Morgan fingerprint density at radius 1 is 1.05 bits per heavy atom. The predicted octanol–water partition coefficient (Wildman–Crippen LogP) is 4.25. The van der Waals surface area contributed by atoms with Gasteiger partial charge in [0.25, 0.3) is 5.69 Å². The lowest BCUT2D eigenvalue weighted by atomic mass is 10.3. The van der Waals surface area contributed by atoms with E-state index in [0.717, 1.165) is 0 Å². The summed E-state index contributed by atoms with van der Waals surface area (Å²) in [5.41, 5.74) is 7.12. The van der Waals surface area contributed by atoms with Crippen LogP contribution in [0.3, 0.4) is 0 Å². The maximum atomic E-state index is 10.5. The monoisotopic (exact) mass is 276 g/mol. The summed E-state index contributed by atoms with van der Waals surface area (Å²) in [6, 6.07) is 10.7. The van der Waals surface area contributed by atoms with Gasteiger partial charge in [-0.15, -0.1) is 0 Å². The molecule has 0 spiro atoms. The fourth-order valence-corrected chi connectivity index (χ4v) is 1.51. The number of rotatable bonds is 3. The summed E-state index contributed by atoms with van der Waals surface area (Å²) in [6.07, 6.45) is 0. The summed E-state index contributed by atoms with van der Waals surface area (Å²) in [4.78, 5) is 10.0. The van der Waals surface area contributed by atoms with Crippen LogP contribution in [0.4, 0.5) is 22.7 Å². The van der Waals surface area contributed by atoms with Crippen LogP contribution in [0.15, 0.2) is 52.7 Å². The van der Waals surface area contributed by atoms with Gasteiger partial charge in [0.05, 0.1) is 27.0 Å². The van der Waals surface area contributed by atoms with Gasteiger partial charge < -0.3 is 5.73 Å². The summed E-state index contributed by atoms with van der Waals surface area (Å²) in [7, 11) is 0. The largest absolute Gasteiger partial charge is 0.398 e. The van der Waals surface area contributed by atoms with Crippen LogP contribution in [0.2, 0.25) is 5.02 Å². The normalized spacial score (nSPS) is 10.8. The Kier molecular flexibility index (Phi) is 3.72. The summed E-state index contributed by atoms with van der Waals surface area (Å²) in [5, 5.41) is 18.8. The maximum Gasteiger partial charge on any atom is 0.269 e. The van der Waals surface area contributed by atoms with Crippen molar-refractivity contribution in [2.45, 2.75) is 0 Å². The minimum atomic E-state index is -0.472. The van der Waals surface area contributed by atoms with Crippen molar-refractivity contribution in [3.8, 4) is 0 Å². The van der Waals surface area contributed by atoms with Crippen molar-refractivity contribution in [3.05, 3.63) is 57.6 Å². The molecular weight excluding hydrogens is 268 g/mol. The van der Waals surface area contributed by atoms with Crippen molar-refractivity contribution >= 4 is 34.4 Å². The van der Waals surface area contributed by atoms with Gasteiger partial charge in [-0.05, 0) is 30.3 Å². The third-order valence-electron chi connectivity index (χ3n) is 2.33. The van der Waals surface area contributed by atoms with Gasteiger partial charge in [-0.3, -0.25) is 10.1 Å². The first-order chi connectivity index (χ1) is 9.06. The van der Waals surface area contributed by atoms with E-state index in [1.165, 1.54) is 24.3 Å². The third-order valence-corrected chi connectivity index (χ3v) is 2.65. The second-order valence-corrected chi connectivity index (χ2v) is 4.09. The molecule has 0 aliphatic rings. The molecule has 2 aromatic rings. The van der Waals surface area contributed by atoms with Crippen LogP contribution in [0.25, 0.3) is 0 Å². The molecule has 0 amide bonds. The number of non-ortho nitro benzene ring substituents is 1. The van der Waals surface area contributed by atoms with Crippen LogP contribution in [0.1, 0.15) is 0 Å². The average molecular weight is 277 g/mol. The van der Waals surface area contributed by atoms with Gasteiger partial charge in [-0.1, -0.05) is 11.6 Å². The zero-order valence-electron chi connectivity index (χ0n) is 9.65. The second kappa shape index (κ2) is 5.45. The van der Waals surface area contributed by atoms with E-state index in [9.17, 15) is 10.1 Å². The maximum absolute atomic E-state index is 10.5. The van der Waals surface area contributed by atoms with Crippen LogP contribution < -0.4 is 5.73 Å². The molecule has 2 aromatic carbocycles. The fourth-order valence-electron chi connectivity index (χ4n) is 1.33. The molecule has 19 heavy (non-hydrogen) atoms. The highest BCUT2D eigenvalue weighted by atomic mass is 35.5. The number of nitro groups is 1. The summed E-state index contributed by atoms with van der Waals surface area (Å²) >= 11 is 5.85. The van der Waals surface area contributed by atoms with Gasteiger partial charge in [0.1, 0.15) is 0 Å². The number of hydrogen-bond donors (Lipinski definition) is 1. The average Bonchev–Trinajstić information content (AvgIpc) is 2.40. The van der Waals surface area contributed by atoms with Crippen LogP contribution in [-0.4, -0.2) is 4.92 Å². The number of nitrogen functional groups attached to an aromatic ring is 1. The molecule has 0 bridgehead atoms. The molecule has 2 rings (SSSR count). The number of nitrogens with zero attached hydrogens (tertiary/aromatic N) is 3. The molecule has 0 atom stereocenters. The molecule has 0 unspecified atom stereocenters. The van der Waals surface area contributed by atoms with Crippen LogP contribution in [0, 0.1) is 10.1 Å². The molecule has 0 fully saturated rings. The predicted molar refractivity (Wildman–Crippen MR) is 73.1 cm³/mol. The number of nitrogens with two attached hydrogens (primary N) is 1. The molecule has 2 N–H and O–H groups in total. The number of benzene rings is 2. The minimum Gasteiger partial charge on any atom is -0.398 e. The van der Waals surface area contributed by atoms with Crippen molar-refractivity contribution in [1.82, 2.24) is 0 Å². The van der Waals surface area contributed by atoms with E-state index in [4.69, 9.17) is 17.3 Å². The zero-order chi connectivity index (χ0) is 13.8. The molecule has 7 heteroatoms. The standard InChI is InChI=1S/C12H9ClN4O2/c13-11-7-9(3-6-12(11)14)16-15-8-1-4-10(5-2-8)17(18)19/h1-7H,14H2. The molecule has 0 aliphatic carbocycles. The highest BCUT2D eigenvalue weighted by molar-refractivity contribution is 6.33. The van der Waals surface area contributed by atoms with Crippen molar-refractivity contribution in [2.24, 2.45) is 10.2 Å². The lowest BCUT2D eigenvalue weighted by Gasteiger charge is -1.98. The van der Waals surface area contributed by atoms with Gasteiger partial charge in [0.2, 0.25) is 0 Å². The number of hydrogen-bond acceptors (Lipinski definition) is 5. The van der Waals surface area contributed by atoms with Crippen LogP contribution in [-0.2, 0) is 0 Å². The Balaban J connectivity index is 2.17. The number of azo groups is 1. The molecule has 0 radical (unpaired) electrons. The smallest absolute Gasteiger partial charge is 0.269 e. The lowest BCUT2D eigenvalue weighted by molar-refractivity contribution is -0.384. The highest BCUT2D eigenvalue weighted by Gasteiger charge is 2.03. The third kappa shape index (κ3) is 3.26. The SMILES string of the molecule is Nc1ccc(N=Nc2ccc([N+](=O)[O-])cc2)cc1Cl. The van der Waals surface area contributed by atoms with Crippen LogP contribution in [0.5, 0.6) is 0 Å². The summed E-state index contributed by atoms with van der Waals surface area (Å²) in [5.74, 6) is 0. The van der Waals surface area contributed by atoms with Gasteiger partial charge >= 0.3 is 0 Å². The molecule has 6 nitrogen and oxygen atoms in total. The highest BCUT2D eigenvalue weighted by Crippen LogP contribution is 2.26. The first kappa shape index (κ1) is 13.0. The number of halogens is 1. The molecular formula is C12H9ClN4O2. The number of nitro benzene ring substituents is 1. The van der Waals surface area contributed by atoms with Gasteiger partial charge in [-0.25, -0.2) is 0 Å². The summed E-state index contributed by atoms with van der Waals surface area (Å²) in [6.45, 7) is 0. The Bertz CT molecular complexity index is 641. The van der Waals surface area contributed by atoms with Crippen molar-refractivity contribution in [3.63, 3.8) is 0 Å². The van der Waals surface area contributed by atoms with E-state index in [1.807, 2.05) is 0 Å². The van der Waals surface area contributed by atoms with Crippen molar-refractivity contribution < 1.29 is 4.92 Å². The molecule has 0 saturated carbocycles. The molecule has 0 aromatic heterocycles. The summed E-state index contributed by atoms with van der Waals surface area (Å²) < 4.78 is 0. The van der Waals surface area contributed by atoms with E-state index >= 15 is 0 Å². The minimum absolute atomic E-state index is 0.00878. The Morgan fingerprint density at radius 3 is 2.21 bits per heavy atom. The van der Waals surface area contributed by atoms with E-state index < -0.39 is 4.92 Å². The molecule has 96 valence electrons. The second-order valence-electron chi connectivity index (χ2n) is 3.68. The van der Waals surface area contributed by atoms with Crippen LogP contribution >= 0.6 is 11.6 Å². The molecule has 0 saturated heterocycles. The van der Waals surface area contributed by atoms with Gasteiger partial charge in [0.15, 0.2) is 0 Å². The van der Waals surface area contributed by atoms with Gasteiger partial charge in [-0.2, -0.15) is 10.2 Å². The van der Waals surface area contributed by atoms with E-state index in [-0.39, 0.29) is 5.69 Å². The Hall–Kier alpha value is -2.47.